The van der Waals surface area contributed by atoms with Crippen LogP contribution >= 0.6 is 22.7 Å². The summed E-state index contributed by atoms with van der Waals surface area (Å²) in [6, 6.07) is 6.76. The van der Waals surface area contributed by atoms with Crippen LogP contribution in [0.2, 0.25) is 0 Å². The van der Waals surface area contributed by atoms with E-state index >= 15 is 0 Å². The fourth-order valence-electron chi connectivity index (χ4n) is 2.47. The number of rotatable bonds is 7. The number of carbonyl (C=O) groups excluding carboxylic acids is 1. The fraction of sp³-hybridized carbons (Fsp3) is 0.211. The lowest BCUT2D eigenvalue weighted by Gasteiger charge is -2.06. The van der Waals surface area contributed by atoms with E-state index in [1.54, 1.807) is 41.5 Å². The second-order valence-electron chi connectivity index (χ2n) is 5.90. The minimum absolute atomic E-state index is 0.0613. The van der Waals surface area contributed by atoms with Crippen molar-refractivity contribution in [2.75, 3.05) is 20.3 Å². The van der Waals surface area contributed by atoms with Gasteiger partial charge in [-0.05, 0) is 42.1 Å². The van der Waals surface area contributed by atoms with Crippen LogP contribution in [0.4, 0.5) is 0 Å². The van der Waals surface area contributed by atoms with Crippen LogP contribution in [0.3, 0.4) is 0 Å². The average Bonchev–Trinajstić information content (AvgIpc) is 3.26. The number of amides is 1. The third-order valence-corrected chi connectivity index (χ3v) is 5.79. The summed E-state index contributed by atoms with van der Waals surface area (Å²) in [6.45, 7) is 3.04. The molecule has 3 rings (SSSR count). The van der Waals surface area contributed by atoms with E-state index in [0.29, 0.717) is 23.5 Å². The summed E-state index contributed by atoms with van der Waals surface area (Å²) in [6.07, 6.45) is 1.79. The predicted octanol–water partition coefficient (Wildman–Crippen LogP) is 2.82. The Bertz CT molecular complexity index is 1080. The topological polar surface area (TPSA) is 102 Å². The molecule has 0 saturated carbocycles. The Labute approximate surface area is 170 Å². The second kappa shape index (κ2) is 8.96. The first-order valence-corrected chi connectivity index (χ1v) is 10.2. The highest BCUT2D eigenvalue weighted by atomic mass is 32.1. The SMILES string of the molecule is COCCN=c1scc(-c2ccc(O)c(C(N)=O)c2)n1/N=C/c1sccc1C. The third kappa shape index (κ3) is 4.38. The summed E-state index contributed by atoms with van der Waals surface area (Å²) >= 11 is 3.04. The van der Waals surface area contributed by atoms with Gasteiger partial charge in [0.05, 0.1) is 35.5 Å². The maximum absolute atomic E-state index is 11.6. The molecular weight excluding hydrogens is 396 g/mol. The number of hydrogen-bond donors (Lipinski definition) is 2. The summed E-state index contributed by atoms with van der Waals surface area (Å²) < 4.78 is 6.79. The van der Waals surface area contributed by atoms with Gasteiger partial charge in [-0.15, -0.1) is 22.7 Å². The van der Waals surface area contributed by atoms with Gasteiger partial charge in [-0.3, -0.25) is 9.79 Å². The average molecular weight is 417 g/mol. The van der Waals surface area contributed by atoms with Crippen molar-refractivity contribution in [1.29, 1.82) is 0 Å². The summed E-state index contributed by atoms with van der Waals surface area (Å²) in [5.41, 5.74) is 8.02. The smallest absolute Gasteiger partial charge is 0.252 e. The van der Waals surface area contributed by atoms with E-state index in [2.05, 4.69) is 10.1 Å². The highest BCUT2D eigenvalue weighted by Crippen LogP contribution is 2.26. The number of ether oxygens (including phenoxy) is 1. The van der Waals surface area contributed by atoms with E-state index < -0.39 is 5.91 Å². The molecule has 0 aliphatic carbocycles. The van der Waals surface area contributed by atoms with Gasteiger partial charge >= 0.3 is 0 Å². The highest BCUT2D eigenvalue weighted by Gasteiger charge is 2.13. The highest BCUT2D eigenvalue weighted by molar-refractivity contribution is 7.11. The van der Waals surface area contributed by atoms with Gasteiger partial charge in [0.15, 0.2) is 0 Å². The Kier molecular flexibility index (Phi) is 6.40. The molecule has 0 aliphatic heterocycles. The zero-order chi connectivity index (χ0) is 20.1. The Hall–Kier alpha value is -2.75. The zero-order valence-corrected chi connectivity index (χ0v) is 17.1. The summed E-state index contributed by atoms with van der Waals surface area (Å²) in [7, 11) is 1.63. The Morgan fingerprint density at radius 2 is 2.18 bits per heavy atom. The second-order valence-corrected chi connectivity index (χ2v) is 7.68. The molecule has 2 aromatic heterocycles. The first-order chi connectivity index (χ1) is 13.5. The van der Waals surface area contributed by atoms with Gasteiger partial charge in [0, 0.05) is 18.1 Å². The van der Waals surface area contributed by atoms with E-state index in [9.17, 15) is 9.90 Å². The molecule has 1 amide bonds. The number of hydrogen-bond acceptors (Lipinski definition) is 7. The molecule has 9 heteroatoms. The first-order valence-electron chi connectivity index (χ1n) is 8.43. The van der Waals surface area contributed by atoms with Crippen molar-refractivity contribution >= 4 is 34.8 Å². The predicted molar refractivity (Wildman–Crippen MR) is 112 cm³/mol. The summed E-state index contributed by atoms with van der Waals surface area (Å²) in [4.78, 5) is 17.9. The molecule has 0 radical (unpaired) electrons. The van der Waals surface area contributed by atoms with E-state index in [4.69, 9.17) is 10.5 Å². The van der Waals surface area contributed by atoms with Gasteiger partial charge in [0.1, 0.15) is 5.75 Å². The standard InChI is InChI=1S/C19H20N4O3S2/c1-12-5-8-27-17(12)10-22-23-15(11-28-19(23)21-6-7-26-2)13-3-4-16(24)14(9-13)18(20)25/h3-5,8-11,24H,6-7H2,1-2H3,(H2,20,25)/b21-19?,22-10+. The molecule has 0 unspecified atom stereocenters. The molecule has 3 N–H and O–H groups in total. The van der Waals surface area contributed by atoms with E-state index in [0.717, 1.165) is 16.1 Å². The Morgan fingerprint density at radius 1 is 1.36 bits per heavy atom. The number of aromatic hydroxyl groups is 1. The molecule has 0 aliphatic rings. The molecule has 1 aromatic carbocycles. The normalized spacial score (nSPS) is 12.1. The minimum atomic E-state index is -0.691. The van der Waals surface area contributed by atoms with Gasteiger partial charge in [-0.2, -0.15) is 5.10 Å². The minimum Gasteiger partial charge on any atom is -0.507 e. The molecule has 0 atom stereocenters. The molecule has 0 spiro atoms. The number of carbonyl (C=O) groups is 1. The van der Waals surface area contributed by atoms with Crippen LogP contribution in [-0.4, -0.2) is 42.2 Å². The Balaban J connectivity index is 2.10. The lowest BCUT2D eigenvalue weighted by molar-refractivity contribution is 0.0998. The van der Waals surface area contributed by atoms with Crippen LogP contribution < -0.4 is 10.5 Å². The molecule has 146 valence electrons. The van der Waals surface area contributed by atoms with Crippen molar-refractivity contribution in [3.05, 3.63) is 55.8 Å². The quantitative estimate of drug-likeness (QED) is 0.457. The lowest BCUT2D eigenvalue weighted by atomic mass is 10.1. The van der Waals surface area contributed by atoms with Crippen molar-refractivity contribution in [3.8, 4) is 17.0 Å². The van der Waals surface area contributed by atoms with Crippen LogP contribution in [0.25, 0.3) is 11.3 Å². The number of aryl methyl sites for hydroxylation is 1. The number of thiazole rings is 1. The summed E-state index contributed by atoms with van der Waals surface area (Å²) in [5, 5.41) is 18.4. The van der Waals surface area contributed by atoms with Gasteiger partial charge in [-0.25, -0.2) is 4.68 Å². The van der Waals surface area contributed by atoms with E-state index in [1.165, 1.54) is 17.4 Å². The number of phenols is 1. The number of thiophene rings is 1. The van der Waals surface area contributed by atoms with Gasteiger partial charge in [-0.1, -0.05) is 0 Å². The fourth-order valence-corrected chi connectivity index (χ4v) is 4.11. The number of nitrogens with two attached hydrogens (primary N) is 1. The van der Waals surface area contributed by atoms with Gasteiger partial charge < -0.3 is 15.6 Å². The Morgan fingerprint density at radius 3 is 2.86 bits per heavy atom. The number of nitrogens with zero attached hydrogens (tertiary/aromatic N) is 3. The van der Waals surface area contributed by atoms with Crippen LogP contribution in [0, 0.1) is 6.92 Å². The zero-order valence-electron chi connectivity index (χ0n) is 15.5. The summed E-state index contributed by atoms with van der Waals surface area (Å²) in [5.74, 6) is -0.843. The number of methoxy groups -OCH3 is 1. The molecule has 2 heterocycles. The van der Waals surface area contributed by atoms with E-state index in [1.807, 2.05) is 23.8 Å². The maximum Gasteiger partial charge on any atom is 0.252 e. The van der Waals surface area contributed by atoms with Crippen LogP contribution in [0.15, 0.2) is 45.1 Å². The molecule has 28 heavy (non-hydrogen) atoms. The van der Waals surface area contributed by atoms with Crippen molar-refractivity contribution in [2.24, 2.45) is 15.8 Å². The number of aromatic nitrogens is 1. The van der Waals surface area contributed by atoms with Crippen LogP contribution in [0.5, 0.6) is 5.75 Å². The molecule has 3 aromatic rings. The van der Waals surface area contributed by atoms with Crippen LogP contribution in [0.1, 0.15) is 20.8 Å². The van der Waals surface area contributed by atoms with Crippen molar-refractivity contribution in [1.82, 2.24) is 4.68 Å². The monoisotopic (exact) mass is 416 g/mol. The van der Waals surface area contributed by atoms with Crippen LogP contribution in [-0.2, 0) is 4.74 Å². The number of benzene rings is 1. The molecule has 0 saturated heterocycles. The third-order valence-electron chi connectivity index (χ3n) is 3.98. The van der Waals surface area contributed by atoms with Crippen molar-refractivity contribution in [2.45, 2.75) is 6.92 Å². The molecule has 7 nitrogen and oxygen atoms in total. The van der Waals surface area contributed by atoms with Gasteiger partial charge in [0.2, 0.25) is 4.80 Å². The maximum atomic E-state index is 11.6. The number of primary amides is 1. The van der Waals surface area contributed by atoms with Gasteiger partial charge in [0.25, 0.3) is 5.91 Å². The largest absolute Gasteiger partial charge is 0.507 e. The van der Waals surface area contributed by atoms with Crippen molar-refractivity contribution < 1.29 is 14.6 Å². The molecule has 0 bridgehead atoms. The molecular formula is C19H20N4O3S2. The lowest BCUT2D eigenvalue weighted by Crippen LogP contribution is -2.14. The van der Waals surface area contributed by atoms with Crippen molar-refractivity contribution in [3.63, 3.8) is 0 Å². The first kappa shape index (κ1) is 20.0. The van der Waals surface area contributed by atoms with E-state index in [-0.39, 0.29) is 11.3 Å². The molecule has 0 fully saturated rings.